The van der Waals surface area contributed by atoms with Crippen molar-refractivity contribution in [3.63, 3.8) is 0 Å². The van der Waals surface area contributed by atoms with Crippen molar-refractivity contribution in [1.29, 1.82) is 0 Å². The first-order valence-electron chi connectivity index (χ1n) is 6.33. The number of anilines is 1. The molecule has 0 saturated carbocycles. The number of halogens is 4. The summed E-state index contributed by atoms with van der Waals surface area (Å²) in [5, 5.41) is 13.3. The van der Waals surface area contributed by atoms with Gasteiger partial charge in [0.2, 0.25) is 0 Å². The molecule has 0 aliphatic heterocycles. The molecule has 1 unspecified atom stereocenters. The lowest BCUT2D eigenvalue weighted by molar-refractivity contribution is -0.137. The smallest absolute Gasteiger partial charge is 0.396 e. The standard InChI is InChI=1S/C13H16ClF3N2O2/c1-2-8(5-6-20)18-12(21)19-9-3-4-11(14)10(7-9)13(15,16)17/h3-4,7-8,20H,2,5-6H2,1H3,(H2,18,19,21). The van der Waals surface area contributed by atoms with Gasteiger partial charge in [-0.2, -0.15) is 13.2 Å². The second kappa shape index (κ2) is 7.51. The van der Waals surface area contributed by atoms with Crippen molar-refractivity contribution in [2.24, 2.45) is 0 Å². The van der Waals surface area contributed by atoms with Crippen LogP contribution in [0.5, 0.6) is 0 Å². The monoisotopic (exact) mass is 324 g/mol. The second-order valence-electron chi connectivity index (χ2n) is 4.41. The molecule has 1 rings (SSSR count). The molecule has 0 radical (unpaired) electrons. The maximum atomic E-state index is 12.7. The van der Waals surface area contributed by atoms with Gasteiger partial charge in [0.05, 0.1) is 10.6 Å². The number of benzene rings is 1. The number of rotatable bonds is 5. The molecule has 0 fully saturated rings. The van der Waals surface area contributed by atoms with E-state index in [0.29, 0.717) is 12.8 Å². The Morgan fingerprint density at radius 2 is 2.10 bits per heavy atom. The highest BCUT2D eigenvalue weighted by molar-refractivity contribution is 6.31. The third kappa shape index (κ3) is 5.43. The molecule has 0 aliphatic carbocycles. The van der Waals surface area contributed by atoms with Gasteiger partial charge < -0.3 is 15.7 Å². The second-order valence-corrected chi connectivity index (χ2v) is 4.82. The van der Waals surface area contributed by atoms with Gasteiger partial charge in [-0.05, 0) is 31.0 Å². The van der Waals surface area contributed by atoms with Crippen LogP contribution in [0.3, 0.4) is 0 Å². The van der Waals surface area contributed by atoms with Gasteiger partial charge in [0.15, 0.2) is 0 Å². The van der Waals surface area contributed by atoms with Crippen molar-refractivity contribution < 1.29 is 23.1 Å². The summed E-state index contributed by atoms with van der Waals surface area (Å²) in [7, 11) is 0. The molecule has 0 bridgehead atoms. The number of aliphatic hydroxyl groups excluding tert-OH is 1. The number of aliphatic hydroxyl groups is 1. The SMILES string of the molecule is CCC(CCO)NC(=O)Nc1ccc(Cl)c(C(F)(F)F)c1. The zero-order chi connectivity index (χ0) is 16.0. The van der Waals surface area contributed by atoms with Crippen LogP contribution >= 0.6 is 11.6 Å². The summed E-state index contributed by atoms with van der Waals surface area (Å²) in [5.74, 6) is 0. The van der Waals surface area contributed by atoms with E-state index in [1.54, 1.807) is 0 Å². The van der Waals surface area contributed by atoms with Gasteiger partial charge in [0, 0.05) is 18.3 Å². The average Bonchev–Trinajstić information content (AvgIpc) is 2.39. The normalized spacial score (nSPS) is 12.9. The molecule has 21 heavy (non-hydrogen) atoms. The van der Waals surface area contributed by atoms with E-state index >= 15 is 0 Å². The summed E-state index contributed by atoms with van der Waals surface area (Å²) in [4.78, 5) is 11.7. The minimum Gasteiger partial charge on any atom is -0.396 e. The highest BCUT2D eigenvalue weighted by Gasteiger charge is 2.33. The molecule has 8 heteroatoms. The third-order valence-corrected chi connectivity index (χ3v) is 3.16. The lowest BCUT2D eigenvalue weighted by Gasteiger charge is -2.17. The van der Waals surface area contributed by atoms with Crippen LogP contribution in [0.4, 0.5) is 23.7 Å². The van der Waals surface area contributed by atoms with Crippen LogP contribution in [0, 0.1) is 0 Å². The van der Waals surface area contributed by atoms with Gasteiger partial charge in [-0.3, -0.25) is 0 Å². The minimum absolute atomic E-state index is 0.0110. The third-order valence-electron chi connectivity index (χ3n) is 2.84. The number of hydrogen-bond donors (Lipinski definition) is 3. The van der Waals surface area contributed by atoms with Crippen LogP contribution in [0.15, 0.2) is 18.2 Å². The van der Waals surface area contributed by atoms with E-state index in [0.717, 1.165) is 12.1 Å². The van der Waals surface area contributed by atoms with E-state index in [1.807, 2.05) is 6.92 Å². The van der Waals surface area contributed by atoms with Crippen molar-refractivity contribution in [2.45, 2.75) is 32.0 Å². The summed E-state index contributed by atoms with van der Waals surface area (Å²) in [5.41, 5.74) is -1.02. The largest absolute Gasteiger partial charge is 0.417 e. The lowest BCUT2D eigenvalue weighted by Crippen LogP contribution is -2.38. The van der Waals surface area contributed by atoms with Crippen LogP contribution in [0.2, 0.25) is 5.02 Å². The Morgan fingerprint density at radius 1 is 1.43 bits per heavy atom. The molecule has 3 N–H and O–H groups in total. The molecule has 1 atom stereocenters. The maximum Gasteiger partial charge on any atom is 0.417 e. The zero-order valence-corrected chi connectivity index (χ0v) is 12.1. The first kappa shape index (κ1) is 17.6. The van der Waals surface area contributed by atoms with E-state index in [1.165, 1.54) is 6.07 Å². The molecule has 1 aromatic carbocycles. The van der Waals surface area contributed by atoms with Crippen molar-refractivity contribution >= 4 is 23.3 Å². The highest BCUT2D eigenvalue weighted by Crippen LogP contribution is 2.36. The predicted octanol–water partition coefficient (Wildman–Crippen LogP) is 3.64. The fourth-order valence-corrected chi connectivity index (χ4v) is 1.93. The molecule has 1 aromatic rings. The molecule has 4 nitrogen and oxygen atoms in total. The van der Waals surface area contributed by atoms with Crippen molar-refractivity contribution in [2.75, 3.05) is 11.9 Å². The van der Waals surface area contributed by atoms with Gasteiger partial charge in [-0.15, -0.1) is 0 Å². The van der Waals surface area contributed by atoms with Crippen molar-refractivity contribution in [3.8, 4) is 0 Å². The number of urea groups is 1. The topological polar surface area (TPSA) is 61.4 Å². The molecule has 0 heterocycles. The number of amides is 2. The van der Waals surface area contributed by atoms with Gasteiger partial charge >= 0.3 is 12.2 Å². The van der Waals surface area contributed by atoms with Crippen LogP contribution in [0.1, 0.15) is 25.3 Å². The number of carbonyl (C=O) groups excluding carboxylic acids is 1. The molecular weight excluding hydrogens is 309 g/mol. The first-order valence-corrected chi connectivity index (χ1v) is 6.70. The molecule has 0 saturated heterocycles. The Balaban J connectivity index is 2.77. The Kier molecular flexibility index (Phi) is 6.29. The zero-order valence-electron chi connectivity index (χ0n) is 11.3. The van der Waals surface area contributed by atoms with E-state index in [4.69, 9.17) is 16.7 Å². The van der Waals surface area contributed by atoms with E-state index < -0.39 is 22.8 Å². The molecule has 0 aliphatic rings. The summed E-state index contributed by atoms with van der Waals surface area (Å²) in [6.45, 7) is 1.74. The first-order chi connectivity index (χ1) is 9.77. The Labute approximate surface area is 125 Å². The van der Waals surface area contributed by atoms with Crippen LogP contribution in [-0.4, -0.2) is 23.8 Å². The van der Waals surface area contributed by atoms with Gasteiger partial charge in [0.1, 0.15) is 0 Å². The van der Waals surface area contributed by atoms with E-state index in [9.17, 15) is 18.0 Å². The van der Waals surface area contributed by atoms with Crippen LogP contribution < -0.4 is 10.6 Å². The molecule has 0 aromatic heterocycles. The van der Waals surface area contributed by atoms with Gasteiger partial charge in [0.25, 0.3) is 0 Å². The maximum absolute atomic E-state index is 12.7. The number of alkyl halides is 3. The van der Waals surface area contributed by atoms with Crippen LogP contribution in [-0.2, 0) is 6.18 Å². The van der Waals surface area contributed by atoms with E-state index in [2.05, 4.69) is 10.6 Å². The Bertz CT molecular complexity index is 495. The molecular formula is C13H16ClF3N2O2. The summed E-state index contributed by atoms with van der Waals surface area (Å²) < 4.78 is 38.1. The number of hydrogen-bond acceptors (Lipinski definition) is 2. The molecule has 118 valence electrons. The predicted molar refractivity (Wildman–Crippen MR) is 74.4 cm³/mol. The van der Waals surface area contributed by atoms with E-state index in [-0.39, 0.29) is 18.3 Å². The average molecular weight is 325 g/mol. The summed E-state index contributed by atoms with van der Waals surface area (Å²) in [6.07, 6.45) is -3.62. The summed E-state index contributed by atoms with van der Waals surface area (Å²) >= 11 is 5.49. The van der Waals surface area contributed by atoms with Gasteiger partial charge in [-0.25, -0.2) is 4.79 Å². The van der Waals surface area contributed by atoms with Crippen molar-refractivity contribution in [1.82, 2.24) is 5.32 Å². The lowest BCUT2D eigenvalue weighted by atomic mass is 10.1. The van der Waals surface area contributed by atoms with Crippen LogP contribution in [0.25, 0.3) is 0 Å². The Morgan fingerprint density at radius 3 is 2.62 bits per heavy atom. The molecule has 0 spiro atoms. The molecule has 2 amide bonds. The van der Waals surface area contributed by atoms with Gasteiger partial charge in [-0.1, -0.05) is 18.5 Å². The summed E-state index contributed by atoms with van der Waals surface area (Å²) in [6, 6.07) is 2.25. The number of carbonyl (C=O) groups is 1. The minimum atomic E-state index is -4.59. The highest BCUT2D eigenvalue weighted by atomic mass is 35.5. The number of nitrogens with one attached hydrogen (secondary N) is 2. The fraction of sp³-hybridized carbons (Fsp3) is 0.462. The quantitative estimate of drug-likeness (QED) is 0.774. The van der Waals surface area contributed by atoms with Crippen molar-refractivity contribution in [3.05, 3.63) is 28.8 Å². The fourth-order valence-electron chi connectivity index (χ4n) is 1.71. The Hall–Kier alpha value is -1.47.